The number of hydrogen-bond donors (Lipinski definition) is 0. The van der Waals surface area contributed by atoms with Crippen LogP contribution in [0.25, 0.3) is 33.8 Å². The van der Waals surface area contributed by atoms with E-state index in [2.05, 4.69) is 15.0 Å². The molecule has 1 aliphatic carbocycles. The monoisotopic (exact) mass is 544 g/mol. The highest BCUT2D eigenvalue weighted by Crippen LogP contribution is 2.42. The second-order valence-corrected chi connectivity index (χ2v) is 8.46. The second kappa shape index (κ2) is 9.33. The van der Waals surface area contributed by atoms with Gasteiger partial charge in [0.05, 0.1) is 51.5 Å². The molecule has 0 bridgehead atoms. The molecule has 194 valence electrons. The van der Waals surface area contributed by atoms with Crippen LogP contribution in [0.15, 0.2) is 65.7 Å². The summed E-state index contributed by atoms with van der Waals surface area (Å²) >= 11 is 0. The molecule has 40 heavy (non-hydrogen) atoms. The Bertz CT molecular complexity index is 1870. The summed E-state index contributed by atoms with van der Waals surface area (Å²) in [6.07, 6.45) is -8.18. The number of rotatable bonds is 2. The molecule has 6 nitrogen and oxygen atoms in total. The summed E-state index contributed by atoms with van der Waals surface area (Å²) in [6.45, 7) is 0. The lowest BCUT2D eigenvalue weighted by Crippen LogP contribution is -2.10. The van der Waals surface area contributed by atoms with Gasteiger partial charge >= 0.3 is 12.4 Å². The molecule has 0 radical (unpaired) electrons. The second-order valence-electron chi connectivity index (χ2n) is 8.46. The maximum Gasteiger partial charge on any atom is 0.417 e. The van der Waals surface area contributed by atoms with Gasteiger partial charge in [0.2, 0.25) is 6.19 Å². The summed E-state index contributed by atoms with van der Waals surface area (Å²) < 4.78 is 82.7. The highest BCUT2D eigenvalue weighted by molar-refractivity contribution is 6.23. The number of aromatic nitrogens is 2. The van der Waals surface area contributed by atoms with Gasteiger partial charge in [-0.2, -0.15) is 47.1 Å². The van der Waals surface area contributed by atoms with E-state index in [0.717, 1.165) is 12.1 Å². The SMILES string of the molecule is N#CN=C1c2ccccc2-c2nc(-c3ccc(C#N)c(C(F)(F)F)c3)c(-c3ccc(C#N)c(C(F)(F)F)c3)nc21. The van der Waals surface area contributed by atoms with Crippen LogP contribution in [0.1, 0.15) is 33.5 Å². The number of aliphatic imine (C=N–C) groups is 1. The largest absolute Gasteiger partial charge is 0.417 e. The minimum Gasteiger partial charge on any atom is -0.243 e. The van der Waals surface area contributed by atoms with Gasteiger partial charge in [-0.15, -0.1) is 0 Å². The lowest BCUT2D eigenvalue weighted by atomic mass is 9.96. The fourth-order valence-electron chi connectivity index (χ4n) is 4.42. The van der Waals surface area contributed by atoms with Crippen molar-refractivity contribution in [2.24, 2.45) is 4.99 Å². The van der Waals surface area contributed by atoms with Gasteiger partial charge in [0.25, 0.3) is 0 Å². The Hall–Kier alpha value is -5.54. The van der Waals surface area contributed by atoms with Crippen molar-refractivity contribution in [3.05, 3.63) is 94.2 Å². The minimum atomic E-state index is -4.92. The first-order valence-electron chi connectivity index (χ1n) is 11.2. The van der Waals surface area contributed by atoms with E-state index in [-0.39, 0.29) is 39.6 Å². The number of halogens is 6. The van der Waals surface area contributed by atoms with Crippen LogP contribution < -0.4 is 0 Å². The summed E-state index contributed by atoms with van der Waals surface area (Å²) in [5.74, 6) is 0. The first-order chi connectivity index (χ1) is 19.0. The molecule has 5 rings (SSSR count). The summed E-state index contributed by atoms with van der Waals surface area (Å²) in [5, 5.41) is 27.7. The van der Waals surface area contributed by atoms with Gasteiger partial charge in [0.1, 0.15) is 11.4 Å². The predicted molar refractivity (Wildman–Crippen MR) is 129 cm³/mol. The van der Waals surface area contributed by atoms with Crippen molar-refractivity contribution in [3.8, 4) is 52.1 Å². The molecule has 0 unspecified atom stereocenters. The maximum atomic E-state index is 13.8. The van der Waals surface area contributed by atoms with Crippen molar-refractivity contribution < 1.29 is 26.3 Å². The highest BCUT2D eigenvalue weighted by Gasteiger charge is 2.37. The Morgan fingerprint density at radius 1 is 0.600 bits per heavy atom. The molecule has 0 aliphatic heterocycles. The number of nitrogens with zero attached hydrogens (tertiary/aromatic N) is 6. The molecule has 0 saturated carbocycles. The van der Waals surface area contributed by atoms with Crippen LogP contribution in [0.4, 0.5) is 26.3 Å². The van der Waals surface area contributed by atoms with Gasteiger partial charge in [0, 0.05) is 22.3 Å². The van der Waals surface area contributed by atoms with Gasteiger partial charge in [-0.3, -0.25) is 0 Å². The molecular weight excluding hydrogens is 534 g/mol. The molecule has 0 amide bonds. The van der Waals surface area contributed by atoms with Crippen molar-refractivity contribution in [2.45, 2.75) is 12.4 Å². The van der Waals surface area contributed by atoms with Crippen LogP contribution in [0, 0.1) is 34.1 Å². The predicted octanol–water partition coefficient (Wildman–Crippen LogP) is 6.89. The zero-order valence-corrected chi connectivity index (χ0v) is 19.7. The molecule has 0 saturated heterocycles. The normalized spacial score (nSPS) is 13.2. The van der Waals surface area contributed by atoms with Gasteiger partial charge in [-0.1, -0.05) is 36.4 Å². The van der Waals surface area contributed by atoms with E-state index >= 15 is 0 Å². The molecular formula is C28H10F6N6. The maximum absolute atomic E-state index is 13.8. The fraction of sp³-hybridized carbons (Fsp3) is 0.0714. The first kappa shape index (κ1) is 26.1. The third kappa shape index (κ3) is 4.30. The van der Waals surface area contributed by atoms with Crippen molar-refractivity contribution in [2.75, 3.05) is 0 Å². The lowest BCUT2D eigenvalue weighted by molar-refractivity contribution is -0.138. The van der Waals surface area contributed by atoms with Crippen LogP contribution >= 0.6 is 0 Å². The Morgan fingerprint density at radius 3 is 1.52 bits per heavy atom. The van der Waals surface area contributed by atoms with Crippen molar-refractivity contribution in [1.29, 1.82) is 15.8 Å². The molecule has 1 heterocycles. The van der Waals surface area contributed by atoms with Gasteiger partial charge in [-0.05, 0) is 24.3 Å². The van der Waals surface area contributed by atoms with Crippen LogP contribution in [0.5, 0.6) is 0 Å². The van der Waals surface area contributed by atoms with E-state index in [0.29, 0.717) is 23.3 Å². The Morgan fingerprint density at radius 2 is 1.07 bits per heavy atom. The Labute approximate surface area is 221 Å². The van der Waals surface area contributed by atoms with Crippen molar-refractivity contribution >= 4 is 5.71 Å². The summed E-state index contributed by atoms with van der Waals surface area (Å²) in [4.78, 5) is 12.8. The third-order valence-electron chi connectivity index (χ3n) is 6.16. The molecule has 1 aromatic heterocycles. The number of benzene rings is 3. The number of nitriles is 3. The van der Waals surface area contributed by atoms with Crippen LogP contribution in [-0.4, -0.2) is 15.7 Å². The highest BCUT2D eigenvalue weighted by atomic mass is 19.4. The summed E-state index contributed by atoms with van der Waals surface area (Å²) in [5.41, 5.74) is -3.45. The number of fused-ring (bicyclic) bond motifs is 3. The zero-order valence-electron chi connectivity index (χ0n) is 19.7. The van der Waals surface area contributed by atoms with Gasteiger partial charge in [-0.25, -0.2) is 9.97 Å². The molecule has 0 atom stereocenters. The van der Waals surface area contributed by atoms with E-state index in [4.69, 9.17) is 0 Å². The molecule has 12 heteroatoms. The quantitative estimate of drug-likeness (QED) is 0.178. The smallest absolute Gasteiger partial charge is 0.243 e. The zero-order chi connectivity index (χ0) is 28.8. The molecule has 3 aromatic carbocycles. The Balaban J connectivity index is 1.88. The fourth-order valence-corrected chi connectivity index (χ4v) is 4.42. The number of alkyl halides is 6. The summed E-state index contributed by atoms with van der Waals surface area (Å²) in [6, 6.07) is 15.1. The Kier molecular flexibility index (Phi) is 6.09. The first-order valence-corrected chi connectivity index (χ1v) is 11.2. The van der Waals surface area contributed by atoms with Crippen LogP contribution in [0.3, 0.4) is 0 Å². The topological polar surface area (TPSA) is 110 Å². The van der Waals surface area contributed by atoms with Crippen LogP contribution in [0.2, 0.25) is 0 Å². The lowest BCUT2D eigenvalue weighted by Gasteiger charge is -2.16. The molecule has 1 aliphatic rings. The van der Waals surface area contributed by atoms with E-state index in [9.17, 15) is 42.1 Å². The van der Waals surface area contributed by atoms with Crippen molar-refractivity contribution in [3.63, 3.8) is 0 Å². The average molecular weight is 544 g/mol. The molecule has 0 N–H and O–H groups in total. The molecule has 0 spiro atoms. The van der Waals surface area contributed by atoms with Crippen molar-refractivity contribution in [1.82, 2.24) is 9.97 Å². The van der Waals surface area contributed by atoms with Gasteiger partial charge < -0.3 is 0 Å². The van der Waals surface area contributed by atoms with E-state index in [1.54, 1.807) is 30.5 Å². The van der Waals surface area contributed by atoms with E-state index in [1.807, 2.05) is 0 Å². The van der Waals surface area contributed by atoms with E-state index < -0.39 is 34.6 Å². The third-order valence-corrected chi connectivity index (χ3v) is 6.16. The minimum absolute atomic E-state index is 0.0455. The standard InChI is InChI=1S/C28H10F6N6/c29-27(30,31)20-9-14(5-7-16(20)11-35)22-23(15-6-8-17(12-36)21(10-15)28(32,33)34)40-26-24(38-13-37)18-3-1-2-4-19(18)25(26)39-22/h1-10H. The summed E-state index contributed by atoms with van der Waals surface area (Å²) in [7, 11) is 0. The van der Waals surface area contributed by atoms with Gasteiger partial charge in [0.15, 0.2) is 0 Å². The average Bonchev–Trinajstić information content (AvgIpc) is 3.23. The number of hydrogen-bond acceptors (Lipinski definition) is 6. The van der Waals surface area contributed by atoms with E-state index in [1.165, 1.54) is 24.3 Å². The molecule has 4 aromatic rings. The molecule has 0 fully saturated rings. The van der Waals surface area contributed by atoms with Crippen LogP contribution in [-0.2, 0) is 12.4 Å².